The van der Waals surface area contributed by atoms with Crippen molar-refractivity contribution in [2.45, 2.75) is 45.7 Å². The van der Waals surface area contributed by atoms with E-state index < -0.39 is 33.6 Å². The lowest BCUT2D eigenvalue weighted by atomic mass is 10.1. The maximum atomic E-state index is 13.7. The number of carbonyl (C=O) groups excluding carboxylic acids is 2. The molecular weight excluding hydrogens is 535 g/mol. The first-order valence-electron chi connectivity index (χ1n) is 11.3. The molecule has 198 valence electrons. The van der Waals surface area contributed by atoms with E-state index in [2.05, 4.69) is 5.32 Å². The number of hydrogen-bond donors (Lipinski definition) is 1. The lowest BCUT2D eigenvalue weighted by Crippen LogP contribution is -2.48. The van der Waals surface area contributed by atoms with Crippen molar-refractivity contribution in [1.29, 1.82) is 0 Å². The maximum absolute atomic E-state index is 13.7. The summed E-state index contributed by atoms with van der Waals surface area (Å²) in [4.78, 5) is 27.2. The number of anilines is 1. The van der Waals surface area contributed by atoms with Gasteiger partial charge in [-0.3, -0.25) is 13.9 Å². The van der Waals surface area contributed by atoms with Gasteiger partial charge in [-0.25, -0.2) is 17.2 Å². The van der Waals surface area contributed by atoms with E-state index in [1.54, 1.807) is 19.1 Å². The number of rotatable bonds is 12. The van der Waals surface area contributed by atoms with Crippen LogP contribution in [0, 0.1) is 11.6 Å². The van der Waals surface area contributed by atoms with E-state index in [1.165, 1.54) is 11.0 Å². The normalized spacial score (nSPS) is 12.2. The molecule has 1 unspecified atom stereocenters. The van der Waals surface area contributed by atoms with Crippen molar-refractivity contribution in [3.63, 3.8) is 0 Å². The summed E-state index contributed by atoms with van der Waals surface area (Å²) in [5.74, 6) is -3.03. The highest BCUT2D eigenvalue weighted by Gasteiger charge is 2.27. The molecule has 2 rings (SSSR count). The van der Waals surface area contributed by atoms with E-state index in [0.717, 1.165) is 35.2 Å². The van der Waals surface area contributed by atoms with Crippen LogP contribution in [0.25, 0.3) is 0 Å². The topological polar surface area (TPSA) is 86.8 Å². The summed E-state index contributed by atoms with van der Waals surface area (Å²) in [5, 5.41) is 3.52. The van der Waals surface area contributed by atoms with E-state index in [-0.39, 0.29) is 37.5 Å². The Labute approximate surface area is 220 Å². The van der Waals surface area contributed by atoms with E-state index in [0.29, 0.717) is 22.2 Å². The van der Waals surface area contributed by atoms with Gasteiger partial charge in [-0.05, 0) is 49.6 Å². The van der Waals surface area contributed by atoms with Crippen LogP contribution in [0.5, 0.6) is 0 Å². The predicted molar refractivity (Wildman–Crippen MR) is 138 cm³/mol. The van der Waals surface area contributed by atoms with Crippen LogP contribution < -0.4 is 9.62 Å². The third kappa shape index (κ3) is 8.31. The molecule has 0 aliphatic carbocycles. The molecule has 2 aromatic rings. The highest BCUT2D eigenvalue weighted by molar-refractivity contribution is 7.92. The molecule has 36 heavy (non-hydrogen) atoms. The standard InChI is InChI=1S/C24H29Cl2F2N3O4S/c1-4-11-29-24(33)16(2)30(15-17-7-8-18(25)13-20(17)26)23(32)6-5-12-31(36(3,34)35)19-9-10-21(27)22(28)14-19/h7-10,13-14,16H,4-6,11-12,15H2,1-3H3,(H,29,33). The molecule has 12 heteroatoms. The number of benzene rings is 2. The zero-order chi connectivity index (χ0) is 27.0. The molecule has 0 aliphatic rings. The summed E-state index contributed by atoms with van der Waals surface area (Å²) in [7, 11) is -3.84. The molecule has 2 aromatic carbocycles. The second-order valence-corrected chi connectivity index (χ2v) is 11.0. The molecule has 0 spiro atoms. The third-order valence-electron chi connectivity index (χ3n) is 5.42. The van der Waals surface area contributed by atoms with Crippen LogP contribution in [-0.2, 0) is 26.2 Å². The van der Waals surface area contributed by atoms with Gasteiger partial charge in [0, 0.05) is 42.2 Å². The summed E-state index contributed by atoms with van der Waals surface area (Å²) in [6.45, 7) is 3.83. The van der Waals surface area contributed by atoms with E-state index in [9.17, 15) is 26.8 Å². The van der Waals surface area contributed by atoms with Crippen molar-refractivity contribution in [2.24, 2.45) is 0 Å². The van der Waals surface area contributed by atoms with Crippen molar-refractivity contribution in [2.75, 3.05) is 23.7 Å². The van der Waals surface area contributed by atoms with Crippen LogP contribution in [0.1, 0.15) is 38.7 Å². The van der Waals surface area contributed by atoms with Gasteiger partial charge in [-0.2, -0.15) is 0 Å². The van der Waals surface area contributed by atoms with Gasteiger partial charge in [0.2, 0.25) is 21.8 Å². The first-order chi connectivity index (χ1) is 16.8. The average Bonchev–Trinajstić information content (AvgIpc) is 2.80. The SMILES string of the molecule is CCCNC(=O)C(C)N(Cc1ccc(Cl)cc1Cl)C(=O)CCCN(c1ccc(F)c(F)c1)S(C)(=O)=O. The van der Waals surface area contributed by atoms with Crippen molar-refractivity contribution in [3.05, 3.63) is 63.6 Å². The van der Waals surface area contributed by atoms with Crippen LogP contribution in [0.2, 0.25) is 10.0 Å². The van der Waals surface area contributed by atoms with Crippen LogP contribution in [0.3, 0.4) is 0 Å². The smallest absolute Gasteiger partial charge is 0.242 e. The Hall–Kier alpha value is -2.43. The lowest BCUT2D eigenvalue weighted by Gasteiger charge is -2.29. The third-order valence-corrected chi connectivity index (χ3v) is 7.20. The Balaban J connectivity index is 2.20. The molecule has 0 fully saturated rings. The van der Waals surface area contributed by atoms with Crippen molar-refractivity contribution >= 4 is 50.7 Å². The molecule has 0 aromatic heterocycles. The fraction of sp³-hybridized carbons (Fsp3) is 0.417. The minimum absolute atomic E-state index is 0.0362. The molecule has 0 aliphatic heterocycles. The molecule has 0 heterocycles. The summed E-state index contributed by atoms with van der Waals surface area (Å²) < 4.78 is 52.5. The molecule has 1 atom stereocenters. The highest BCUT2D eigenvalue weighted by atomic mass is 35.5. The minimum Gasteiger partial charge on any atom is -0.354 e. The largest absolute Gasteiger partial charge is 0.354 e. The molecule has 0 saturated heterocycles. The van der Waals surface area contributed by atoms with Gasteiger partial charge in [0.25, 0.3) is 0 Å². The monoisotopic (exact) mass is 563 g/mol. The number of halogens is 4. The Kier molecular flexibility index (Phi) is 10.9. The lowest BCUT2D eigenvalue weighted by molar-refractivity contribution is -0.140. The number of amides is 2. The van der Waals surface area contributed by atoms with Gasteiger partial charge in [0.15, 0.2) is 11.6 Å². The summed E-state index contributed by atoms with van der Waals surface area (Å²) in [5.41, 5.74) is 0.532. The Morgan fingerprint density at radius 1 is 1.08 bits per heavy atom. The number of nitrogens with one attached hydrogen (secondary N) is 1. The minimum atomic E-state index is -3.84. The van der Waals surface area contributed by atoms with Crippen molar-refractivity contribution in [1.82, 2.24) is 10.2 Å². The molecule has 0 bridgehead atoms. The zero-order valence-corrected chi connectivity index (χ0v) is 22.6. The van der Waals surface area contributed by atoms with E-state index in [1.807, 2.05) is 6.92 Å². The summed E-state index contributed by atoms with van der Waals surface area (Å²) in [6, 6.07) is 6.77. The molecule has 0 radical (unpaired) electrons. The molecule has 1 N–H and O–H groups in total. The predicted octanol–water partition coefficient (Wildman–Crippen LogP) is 4.76. The van der Waals surface area contributed by atoms with Crippen molar-refractivity contribution in [3.8, 4) is 0 Å². The number of sulfonamides is 1. The fourth-order valence-corrected chi connectivity index (χ4v) is 4.88. The molecule has 2 amide bonds. The second kappa shape index (κ2) is 13.2. The number of nitrogens with zero attached hydrogens (tertiary/aromatic N) is 2. The van der Waals surface area contributed by atoms with Gasteiger partial charge in [-0.15, -0.1) is 0 Å². The summed E-state index contributed by atoms with van der Waals surface area (Å²) >= 11 is 12.2. The van der Waals surface area contributed by atoms with Crippen LogP contribution in [0.15, 0.2) is 36.4 Å². The Morgan fingerprint density at radius 2 is 1.78 bits per heavy atom. The number of carbonyl (C=O) groups is 2. The van der Waals surface area contributed by atoms with E-state index in [4.69, 9.17) is 23.2 Å². The van der Waals surface area contributed by atoms with Gasteiger partial charge in [-0.1, -0.05) is 36.2 Å². The molecular formula is C24H29Cl2F2N3O4S. The maximum Gasteiger partial charge on any atom is 0.242 e. The Morgan fingerprint density at radius 3 is 2.36 bits per heavy atom. The zero-order valence-electron chi connectivity index (χ0n) is 20.2. The molecule has 7 nitrogen and oxygen atoms in total. The fourth-order valence-electron chi connectivity index (χ4n) is 3.46. The first kappa shape index (κ1) is 29.8. The van der Waals surface area contributed by atoms with Gasteiger partial charge < -0.3 is 10.2 Å². The van der Waals surface area contributed by atoms with Crippen LogP contribution in [0.4, 0.5) is 14.5 Å². The van der Waals surface area contributed by atoms with Gasteiger partial charge >= 0.3 is 0 Å². The van der Waals surface area contributed by atoms with Crippen LogP contribution >= 0.6 is 23.2 Å². The Bertz CT molecular complexity index is 1200. The quantitative estimate of drug-likeness (QED) is 0.403. The highest BCUT2D eigenvalue weighted by Crippen LogP contribution is 2.24. The first-order valence-corrected chi connectivity index (χ1v) is 13.9. The second-order valence-electron chi connectivity index (χ2n) is 8.26. The van der Waals surface area contributed by atoms with Gasteiger partial charge in [0.05, 0.1) is 11.9 Å². The van der Waals surface area contributed by atoms with Crippen molar-refractivity contribution < 1.29 is 26.8 Å². The summed E-state index contributed by atoms with van der Waals surface area (Å²) in [6.07, 6.45) is 1.62. The number of hydrogen-bond acceptors (Lipinski definition) is 4. The molecule has 0 saturated carbocycles. The van der Waals surface area contributed by atoms with Gasteiger partial charge in [0.1, 0.15) is 6.04 Å². The van der Waals surface area contributed by atoms with E-state index >= 15 is 0 Å². The van der Waals surface area contributed by atoms with Crippen LogP contribution in [-0.4, -0.2) is 50.5 Å². The average molecular weight is 564 g/mol.